The molecule has 0 radical (unpaired) electrons. The van der Waals surface area contributed by atoms with E-state index in [0.29, 0.717) is 18.7 Å². The van der Waals surface area contributed by atoms with Crippen molar-refractivity contribution in [2.75, 3.05) is 31.5 Å². The van der Waals surface area contributed by atoms with E-state index in [2.05, 4.69) is 62.6 Å². The number of hydrogen-bond donors (Lipinski definition) is 1. The lowest BCUT2D eigenvalue weighted by atomic mass is 10.1. The van der Waals surface area contributed by atoms with Crippen molar-refractivity contribution in [2.24, 2.45) is 0 Å². The fraction of sp³-hybridized carbons (Fsp3) is 0.267. The van der Waals surface area contributed by atoms with Crippen LogP contribution in [-0.2, 0) is 24.3 Å². The SMILES string of the molecule is O=C(CCc1ncc(-c2ccccc2)o1)Nc1ccc(CN2CCN(Cc3ccccc3)CC2)cc1. The second-order valence-corrected chi connectivity index (χ2v) is 9.27. The second kappa shape index (κ2) is 11.8. The zero-order valence-corrected chi connectivity index (χ0v) is 20.5. The van der Waals surface area contributed by atoms with Crippen LogP contribution in [0.5, 0.6) is 0 Å². The van der Waals surface area contributed by atoms with Gasteiger partial charge in [0.2, 0.25) is 5.91 Å². The highest BCUT2D eigenvalue weighted by Crippen LogP contribution is 2.20. The van der Waals surface area contributed by atoms with Crippen LogP contribution in [0.2, 0.25) is 0 Å². The fourth-order valence-corrected chi connectivity index (χ4v) is 4.50. The molecule has 6 heteroatoms. The molecule has 1 saturated heterocycles. The molecular formula is C30H32N4O2. The van der Waals surface area contributed by atoms with Gasteiger partial charge in [-0.3, -0.25) is 14.6 Å². The maximum absolute atomic E-state index is 12.4. The third kappa shape index (κ3) is 6.68. The summed E-state index contributed by atoms with van der Waals surface area (Å²) in [6.45, 7) is 6.26. The average Bonchev–Trinajstić information content (AvgIpc) is 3.40. The van der Waals surface area contributed by atoms with Gasteiger partial charge in [-0.25, -0.2) is 4.98 Å². The van der Waals surface area contributed by atoms with Gasteiger partial charge in [0.25, 0.3) is 0 Å². The molecule has 0 atom stereocenters. The Bertz CT molecular complexity index is 1230. The van der Waals surface area contributed by atoms with Gasteiger partial charge in [0, 0.05) is 63.4 Å². The first-order valence-electron chi connectivity index (χ1n) is 12.6. The number of aromatic nitrogens is 1. The lowest BCUT2D eigenvalue weighted by molar-refractivity contribution is -0.116. The Morgan fingerprint density at radius 1 is 0.778 bits per heavy atom. The molecule has 1 fully saturated rings. The summed E-state index contributed by atoms with van der Waals surface area (Å²) in [4.78, 5) is 21.8. The standard InChI is InChI=1S/C30H32N4O2/c35-29(15-16-30-31-21-28(36-30)26-9-5-2-6-10-26)32-27-13-11-25(12-14-27)23-34-19-17-33(18-20-34)22-24-7-3-1-4-8-24/h1-14,21H,15-20,22-23H2,(H,32,35). The van der Waals surface area contributed by atoms with Gasteiger partial charge in [0.1, 0.15) is 0 Å². The lowest BCUT2D eigenvalue weighted by Crippen LogP contribution is -2.45. The van der Waals surface area contributed by atoms with Gasteiger partial charge >= 0.3 is 0 Å². The number of anilines is 1. The van der Waals surface area contributed by atoms with Crippen molar-refractivity contribution in [1.82, 2.24) is 14.8 Å². The maximum Gasteiger partial charge on any atom is 0.224 e. The molecule has 6 nitrogen and oxygen atoms in total. The Balaban J connectivity index is 1.04. The lowest BCUT2D eigenvalue weighted by Gasteiger charge is -2.34. The molecule has 0 spiro atoms. The van der Waals surface area contributed by atoms with Crippen LogP contribution in [0.15, 0.2) is 95.5 Å². The fourth-order valence-electron chi connectivity index (χ4n) is 4.50. The van der Waals surface area contributed by atoms with Crippen LogP contribution in [-0.4, -0.2) is 46.9 Å². The Kier molecular flexibility index (Phi) is 7.86. The first kappa shape index (κ1) is 24.0. The van der Waals surface area contributed by atoms with Gasteiger partial charge in [-0.2, -0.15) is 0 Å². The number of amides is 1. The summed E-state index contributed by atoms with van der Waals surface area (Å²) >= 11 is 0. The van der Waals surface area contributed by atoms with Crippen molar-refractivity contribution in [3.63, 3.8) is 0 Å². The quantitative estimate of drug-likeness (QED) is 0.355. The van der Waals surface area contributed by atoms with E-state index in [9.17, 15) is 4.79 Å². The highest BCUT2D eigenvalue weighted by Gasteiger charge is 2.17. The molecule has 5 rings (SSSR count). The van der Waals surface area contributed by atoms with Crippen LogP contribution >= 0.6 is 0 Å². The van der Waals surface area contributed by atoms with E-state index in [1.54, 1.807) is 6.20 Å². The van der Waals surface area contributed by atoms with Gasteiger partial charge in [0.15, 0.2) is 11.7 Å². The minimum atomic E-state index is -0.0447. The minimum Gasteiger partial charge on any atom is -0.441 e. The topological polar surface area (TPSA) is 61.6 Å². The average molecular weight is 481 g/mol. The molecule has 1 aliphatic heterocycles. The number of hydrogen-bond acceptors (Lipinski definition) is 5. The van der Waals surface area contributed by atoms with Crippen molar-refractivity contribution in [2.45, 2.75) is 25.9 Å². The summed E-state index contributed by atoms with van der Waals surface area (Å²) < 4.78 is 5.80. The smallest absolute Gasteiger partial charge is 0.224 e. The first-order chi connectivity index (χ1) is 17.7. The van der Waals surface area contributed by atoms with Crippen molar-refractivity contribution >= 4 is 11.6 Å². The predicted octanol–water partition coefficient (Wildman–Crippen LogP) is 5.23. The van der Waals surface area contributed by atoms with Crippen LogP contribution in [0.25, 0.3) is 11.3 Å². The highest BCUT2D eigenvalue weighted by atomic mass is 16.4. The first-order valence-corrected chi connectivity index (χ1v) is 12.6. The van der Waals surface area contributed by atoms with Crippen molar-refractivity contribution in [3.05, 3.63) is 108 Å². The number of carbonyl (C=O) groups excluding carboxylic acids is 1. The second-order valence-electron chi connectivity index (χ2n) is 9.27. The van der Waals surface area contributed by atoms with Crippen LogP contribution in [0, 0.1) is 0 Å². The normalized spacial score (nSPS) is 14.6. The number of oxazole rings is 1. The van der Waals surface area contributed by atoms with Gasteiger partial charge in [0.05, 0.1) is 6.20 Å². The number of benzene rings is 3. The van der Waals surface area contributed by atoms with E-state index < -0.39 is 0 Å². The molecule has 0 aliphatic carbocycles. The third-order valence-electron chi connectivity index (χ3n) is 6.54. The molecule has 0 bridgehead atoms. The number of piperazine rings is 1. The van der Waals surface area contributed by atoms with E-state index >= 15 is 0 Å². The summed E-state index contributed by atoms with van der Waals surface area (Å²) in [6, 6.07) is 28.7. The van der Waals surface area contributed by atoms with Gasteiger partial charge < -0.3 is 9.73 Å². The van der Waals surface area contributed by atoms with E-state index in [4.69, 9.17) is 4.42 Å². The molecule has 1 N–H and O–H groups in total. The summed E-state index contributed by atoms with van der Waals surface area (Å²) in [6.07, 6.45) is 2.50. The largest absolute Gasteiger partial charge is 0.441 e. The molecule has 4 aromatic rings. The maximum atomic E-state index is 12.4. The van der Waals surface area contributed by atoms with Crippen LogP contribution < -0.4 is 5.32 Å². The molecular weight excluding hydrogens is 448 g/mol. The third-order valence-corrected chi connectivity index (χ3v) is 6.54. The summed E-state index contributed by atoms with van der Waals surface area (Å²) in [5, 5.41) is 2.98. The molecule has 36 heavy (non-hydrogen) atoms. The summed E-state index contributed by atoms with van der Waals surface area (Å²) in [7, 11) is 0. The number of rotatable bonds is 9. The molecule has 3 aromatic carbocycles. The van der Waals surface area contributed by atoms with Crippen molar-refractivity contribution in [3.8, 4) is 11.3 Å². The van der Waals surface area contributed by atoms with Crippen LogP contribution in [0.4, 0.5) is 5.69 Å². The molecule has 184 valence electrons. The van der Waals surface area contributed by atoms with Crippen LogP contribution in [0.1, 0.15) is 23.4 Å². The molecule has 1 amide bonds. The number of carbonyl (C=O) groups is 1. The van der Waals surface area contributed by atoms with E-state index in [-0.39, 0.29) is 5.91 Å². The summed E-state index contributed by atoms with van der Waals surface area (Å²) in [5.41, 5.74) is 4.43. The summed E-state index contributed by atoms with van der Waals surface area (Å²) in [5.74, 6) is 1.25. The Hall–Kier alpha value is -3.74. The van der Waals surface area contributed by atoms with Gasteiger partial charge in [-0.1, -0.05) is 72.8 Å². The highest BCUT2D eigenvalue weighted by molar-refractivity contribution is 5.90. The Morgan fingerprint density at radius 2 is 1.36 bits per heavy atom. The monoisotopic (exact) mass is 480 g/mol. The predicted molar refractivity (Wildman–Crippen MR) is 142 cm³/mol. The number of nitrogens with zero attached hydrogens (tertiary/aromatic N) is 3. The molecule has 1 aromatic heterocycles. The number of aryl methyl sites for hydroxylation is 1. The zero-order valence-electron chi connectivity index (χ0n) is 20.5. The van der Waals surface area contributed by atoms with E-state index in [1.807, 2.05) is 42.5 Å². The minimum absolute atomic E-state index is 0.0447. The molecule has 1 aliphatic rings. The zero-order chi connectivity index (χ0) is 24.6. The molecule has 0 saturated carbocycles. The Morgan fingerprint density at radius 3 is 2.00 bits per heavy atom. The van der Waals surface area contributed by atoms with Crippen LogP contribution in [0.3, 0.4) is 0 Å². The van der Waals surface area contributed by atoms with E-state index in [0.717, 1.165) is 56.3 Å². The van der Waals surface area contributed by atoms with Gasteiger partial charge in [-0.15, -0.1) is 0 Å². The van der Waals surface area contributed by atoms with E-state index in [1.165, 1.54) is 11.1 Å². The van der Waals surface area contributed by atoms with Gasteiger partial charge in [-0.05, 0) is 23.3 Å². The molecule has 2 heterocycles. The number of nitrogens with one attached hydrogen (secondary N) is 1. The Labute approximate surface area is 212 Å². The molecule has 0 unspecified atom stereocenters. The van der Waals surface area contributed by atoms with Crippen molar-refractivity contribution in [1.29, 1.82) is 0 Å². The van der Waals surface area contributed by atoms with Crippen molar-refractivity contribution < 1.29 is 9.21 Å².